The van der Waals surface area contributed by atoms with Crippen molar-refractivity contribution in [2.45, 2.75) is 31.3 Å². The second-order valence-corrected chi connectivity index (χ2v) is 8.92. The fourth-order valence-corrected chi connectivity index (χ4v) is 5.01. The van der Waals surface area contributed by atoms with Gasteiger partial charge in [0.15, 0.2) is 5.82 Å². The van der Waals surface area contributed by atoms with Crippen LogP contribution in [0.2, 0.25) is 5.02 Å². The number of quaternary nitrogens is 1. The molecule has 3 fully saturated rings. The van der Waals surface area contributed by atoms with Crippen molar-refractivity contribution in [1.29, 1.82) is 0 Å². The van der Waals surface area contributed by atoms with Gasteiger partial charge in [-0.2, -0.15) is 0 Å². The van der Waals surface area contributed by atoms with Gasteiger partial charge in [-0.25, -0.2) is 9.78 Å². The minimum atomic E-state index is -0.405. The summed E-state index contributed by atoms with van der Waals surface area (Å²) in [6.07, 6.45) is 3.53. The molecule has 8 heteroatoms. The van der Waals surface area contributed by atoms with Gasteiger partial charge in [-0.15, -0.1) is 11.3 Å². The summed E-state index contributed by atoms with van der Waals surface area (Å²) in [7, 11) is 2.31. The first-order valence-corrected chi connectivity index (χ1v) is 10.3. The van der Waals surface area contributed by atoms with Crippen molar-refractivity contribution in [3.05, 3.63) is 34.8 Å². The predicted octanol–water partition coefficient (Wildman–Crippen LogP) is 1.79. The number of halogens is 2. The van der Waals surface area contributed by atoms with E-state index >= 15 is 0 Å². The van der Waals surface area contributed by atoms with E-state index in [2.05, 4.69) is 17.3 Å². The van der Waals surface area contributed by atoms with Crippen molar-refractivity contribution < 1.29 is 38.0 Å². The summed E-state index contributed by atoms with van der Waals surface area (Å²) in [5, 5.41) is 3.51. The molecule has 3 aliphatic rings. The van der Waals surface area contributed by atoms with Crippen LogP contribution in [0.3, 0.4) is 0 Å². The molecule has 3 saturated heterocycles. The Balaban J connectivity index is 0.00000210. The molecular formula is C19H23ClIN3O2S. The number of amides is 1. The molecule has 1 aromatic carbocycles. The molecule has 0 unspecified atom stereocenters. The molecule has 0 radical (unpaired) electrons. The molecule has 146 valence electrons. The topological polar surface area (TPSA) is 51.2 Å². The molecule has 0 spiro atoms. The number of nitrogens with one attached hydrogen (secondary N) is 1. The number of carbonyl (C=O) groups excluding carboxylic acids is 1. The Kier molecular flexibility index (Phi) is 6.34. The summed E-state index contributed by atoms with van der Waals surface area (Å²) in [5.41, 5.74) is 2.35. The molecule has 0 aliphatic carbocycles. The summed E-state index contributed by atoms with van der Waals surface area (Å²) in [5.74, 6) is 0.531. The number of fused-ring (bicyclic) bond motifs is 4. The lowest BCUT2D eigenvalue weighted by Gasteiger charge is -2.41. The van der Waals surface area contributed by atoms with Crippen molar-refractivity contribution in [2.24, 2.45) is 0 Å². The smallest absolute Gasteiger partial charge is 0.413 e. The van der Waals surface area contributed by atoms with Gasteiger partial charge in [0.2, 0.25) is 0 Å². The van der Waals surface area contributed by atoms with E-state index in [1.807, 2.05) is 24.3 Å². The number of nitrogens with zero attached hydrogens (tertiary/aromatic N) is 2. The second kappa shape index (κ2) is 8.23. The van der Waals surface area contributed by atoms with Gasteiger partial charge in [-0.1, -0.05) is 23.7 Å². The molecule has 0 saturated carbocycles. The van der Waals surface area contributed by atoms with Crippen molar-refractivity contribution in [3.63, 3.8) is 0 Å². The number of hydrogen-bond donors (Lipinski definition) is 1. The number of benzene rings is 1. The Morgan fingerprint density at radius 1 is 1.30 bits per heavy atom. The van der Waals surface area contributed by atoms with Gasteiger partial charge < -0.3 is 33.2 Å². The summed E-state index contributed by atoms with van der Waals surface area (Å²) in [4.78, 5) is 17.8. The fourth-order valence-electron chi connectivity index (χ4n) is 4.08. The maximum atomic E-state index is 12.6. The lowest BCUT2D eigenvalue weighted by molar-refractivity contribution is -0.913. The molecule has 5 nitrogen and oxygen atoms in total. The van der Waals surface area contributed by atoms with Crippen molar-refractivity contribution >= 4 is 34.8 Å². The molecule has 0 atom stereocenters. The van der Waals surface area contributed by atoms with Gasteiger partial charge in [0.05, 0.1) is 37.1 Å². The van der Waals surface area contributed by atoms with Crippen LogP contribution in [0.5, 0.6) is 0 Å². The first kappa shape index (κ1) is 20.8. The predicted molar refractivity (Wildman–Crippen MR) is 105 cm³/mol. The first-order chi connectivity index (χ1) is 12.5. The van der Waals surface area contributed by atoms with Gasteiger partial charge >= 0.3 is 6.09 Å². The van der Waals surface area contributed by atoms with Crippen LogP contribution in [-0.4, -0.2) is 47.8 Å². The fraction of sp³-hybridized carbons (Fsp3) is 0.474. The highest BCUT2D eigenvalue weighted by molar-refractivity contribution is 7.13. The molecule has 27 heavy (non-hydrogen) atoms. The van der Waals surface area contributed by atoms with E-state index in [0.29, 0.717) is 10.8 Å². The van der Waals surface area contributed by atoms with E-state index in [0.717, 1.165) is 53.7 Å². The van der Waals surface area contributed by atoms with Gasteiger partial charge in [-0.05, 0) is 24.1 Å². The van der Waals surface area contributed by atoms with Crippen LogP contribution in [0, 0.1) is 0 Å². The van der Waals surface area contributed by atoms with Crippen LogP contribution >= 0.6 is 22.9 Å². The van der Waals surface area contributed by atoms with E-state index in [1.54, 1.807) is 5.51 Å². The molecule has 2 aromatic rings. The maximum Gasteiger partial charge on any atom is 0.413 e. The molecular weight excluding hydrogens is 497 g/mol. The van der Waals surface area contributed by atoms with Gasteiger partial charge in [-0.3, -0.25) is 5.32 Å². The SMILES string of the molecule is C[N+]12CCCC(OC(=O)Nc3ncsc3-c3cccc(Cl)c3)(CC1)CC2.[I-]. The Morgan fingerprint density at radius 3 is 2.81 bits per heavy atom. The quantitative estimate of drug-likeness (QED) is 0.497. The summed E-state index contributed by atoms with van der Waals surface area (Å²) >= 11 is 7.56. The molecule has 1 amide bonds. The molecule has 3 aliphatic heterocycles. The molecule has 5 rings (SSSR count). The zero-order valence-electron chi connectivity index (χ0n) is 15.2. The number of aromatic nitrogens is 1. The lowest BCUT2D eigenvalue weighted by atomic mass is 9.89. The Labute approximate surface area is 185 Å². The van der Waals surface area contributed by atoms with E-state index in [1.165, 1.54) is 17.9 Å². The lowest BCUT2D eigenvalue weighted by Crippen LogP contribution is -3.00. The highest BCUT2D eigenvalue weighted by Crippen LogP contribution is 2.38. The summed E-state index contributed by atoms with van der Waals surface area (Å²) in [6.45, 7) is 3.34. The van der Waals surface area contributed by atoms with E-state index in [4.69, 9.17) is 16.3 Å². The molecule has 2 bridgehead atoms. The molecule has 4 heterocycles. The molecule has 1 N–H and O–H groups in total. The van der Waals surface area contributed by atoms with Gasteiger partial charge in [0, 0.05) is 24.3 Å². The minimum Gasteiger partial charge on any atom is -1.00 e. The Morgan fingerprint density at radius 2 is 2.07 bits per heavy atom. The first-order valence-electron chi connectivity index (χ1n) is 9.00. The zero-order valence-corrected chi connectivity index (χ0v) is 18.9. The number of ether oxygens (including phenoxy) is 1. The third kappa shape index (κ3) is 4.58. The standard InChI is InChI=1S/C19H22ClN3O2S.HI/c1-23-9-3-6-19(7-10-23,8-11-23)25-18(24)22-17-16(26-13-21-17)14-4-2-5-15(20)12-14;/h2,4-5,12-13H,3,6-11H2,1H3;1H. The zero-order chi connectivity index (χ0) is 18.2. The highest BCUT2D eigenvalue weighted by atomic mass is 127. The monoisotopic (exact) mass is 519 g/mol. The third-order valence-corrected chi connectivity index (χ3v) is 6.84. The van der Waals surface area contributed by atoms with Crippen LogP contribution in [0.4, 0.5) is 10.6 Å². The van der Waals surface area contributed by atoms with E-state index < -0.39 is 6.09 Å². The van der Waals surface area contributed by atoms with Gasteiger partial charge in [0.1, 0.15) is 5.60 Å². The number of rotatable bonds is 3. The number of thiazole rings is 1. The third-order valence-electron chi connectivity index (χ3n) is 5.73. The largest absolute Gasteiger partial charge is 1.00 e. The van der Waals surface area contributed by atoms with Gasteiger partial charge in [0.25, 0.3) is 0 Å². The minimum absolute atomic E-state index is 0. The number of anilines is 1. The van der Waals surface area contributed by atoms with Crippen LogP contribution in [0.25, 0.3) is 10.4 Å². The number of piperidine rings is 1. The van der Waals surface area contributed by atoms with Crippen molar-refractivity contribution in [3.8, 4) is 10.4 Å². The normalized spacial score (nSPS) is 26.7. The van der Waals surface area contributed by atoms with Crippen LogP contribution in [0.15, 0.2) is 29.8 Å². The van der Waals surface area contributed by atoms with E-state index in [9.17, 15) is 4.79 Å². The second-order valence-electron chi connectivity index (χ2n) is 7.63. The highest BCUT2D eigenvalue weighted by Gasteiger charge is 2.46. The summed E-state index contributed by atoms with van der Waals surface area (Å²) < 4.78 is 7.07. The van der Waals surface area contributed by atoms with Crippen molar-refractivity contribution in [2.75, 3.05) is 32.0 Å². The Bertz CT molecular complexity index is 821. The average Bonchev–Trinajstić information content (AvgIpc) is 2.92. The van der Waals surface area contributed by atoms with Crippen LogP contribution in [0.1, 0.15) is 25.7 Å². The average molecular weight is 520 g/mol. The number of hydrogen-bond acceptors (Lipinski definition) is 4. The maximum absolute atomic E-state index is 12.6. The summed E-state index contributed by atoms with van der Waals surface area (Å²) in [6, 6.07) is 7.55. The Hall–Kier alpha value is -0.900. The van der Waals surface area contributed by atoms with Crippen LogP contribution in [-0.2, 0) is 4.74 Å². The van der Waals surface area contributed by atoms with E-state index in [-0.39, 0.29) is 29.6 Å². The van der Waals surface area contributed by atoms with Crippen LogP contribution < -0.4 is 29.3 Å². The van der Waals surface area contributed by atoms with Crippen molar-refractivity contribution in [1.82, 2.24) is 4.98 Å². The number of carbonyl (C=O) groups is 1. The molecule has 1 aromatic heterocycles.